The number of para-hydroxylation sites is 1. The predicted molar refractivity (Wildman–Crippen MR) is 143 cm³/mol. The van der Waals surface area contributed by atoms with E-state index in [4.69, 9.17) is 11.6 Å². The molecule has 0 bridgehead atoms. The van der Waals surface area contributed by atoms with E-state index in [1.807, 2.05) is 54.7 Å². The Balaban J connectivity index is 1.56. The van der Waals surface area contributed by atoms with Crippen molar-refractivity contribution in [3.63, 3.8) is 0 Å². The van der Waals surface area contributed by atoms with Crippen LogP contribution in [0.2, 0.25) is 5.02 Å². The molecule has 0 spiro atoms. The van der Waals surface area contributed by atoms with Gasteiger partial charge in [-0.05, 0) is 59.4 Å². The molecule has 2 heterocycles. The van der Waals surface area contributed by atoms with Crippen molar-refractivity contribution >= 4 is 40.0 Å². The first-order valence-electron chi connectivity index (χ1n) is 12.0. The Kier molecular flexibility index (Phi) is 6.42. The van der Waals surface area contributed by atoms with Crippen molar-refractivity contribution in [2.75, 3.05) is 6.54 Å². The first-order chi connectivity index (χ1) is 17.3. The number of carbonyl (C=O) groups is 2. The second-order valence-corrected chi connectivity index (χ2v) is 9.87. The van der Waals surface area contributed by atoms with Gasteiger partial charge in [0.15, 0.2) is 0 Å². The largest absolute Gasteiger partial charge is 0.507 e. The van der Waals surface area contributed by atoms with E-state index in [2.05, 4.69) is 18.8 Å². The first-order valence-corrected chi connectivity index (χ1v) is 12.4. The molecule has 5 rings (SSSR count). The summed E-state index contributed by atoms with van der Waals surface area (Å²) in [6.07, 6.45) is 2.51. The molecule has 182 valence electrons. The monoisotopic (exact) mass is 498 g/mol. The number of aliphatic hydroxyl groups is 1. The zero-order chi connectivity index (χ0) is 25.4. The minimum atomic E-state index is -0.688. The number of amides is 1. The van der Waals surface area contributed by atoms with Gasteiger partial charge in [0, 0.05) is 34.2 Å². The van der Waals surface area contributed by atoms with Gasteiger partial charge in [0.05, 0.1) is 11.6 Å². The summed E-state index contributed by atoms with van der Waals surface area (Å²) in [5, 5.41) is 12.8. The van der Waals surface area contributed by atoms with Crippen molar-refractivity contribution in [2.45, 2.75) is 32.2 Å². The third kappa shape index (κ3) is 4.31. The second-order valence-electron chi connectivity index (χ2n) is 9.43. The Morgan fingerprint density at radius 1 is 1.00 bits per heavy atom. The van der Waals surface area contributed by atoms with Crippen LogP contribution < -0.4 is 0 Å². The van der Waals surface area contributed by atoms with E-state index in [9.17, 15) is 14.7 Å². The van der Waals surface area contributed by atoms with Crippen LogP contribution in [0.25, 0.3) is 16.7 Å². The van der Waals surface area contributed by atoms with Gasteiger partial charge < -0.3 is 15.0 Å². The van der Waals surface area contributed by atoms with Crippen molar-refractivity contribution in [1.82, 2.24) is 9.88 Å². The van der Waals surface area contributed by atoms with Gasteiger partial charge in [0.1, 0.15) is 5.76 Å². The lowest BCUT2D eigenvalue weighted by molar-refractivity contribution is -0.139. The van der Waals surface area contributed by atoms with Crippen molar-refractivity contribution in [2.24, 2.45) is 0 Å². The second kappa shape index (κ2) is 9.67. The molecule has 3 aromatic carbocycles. The SMILES string of the molecule is CC(C)c1ccc(C2/C(=C(/O)c3ccc(Cl)cc3)C(=O)C(=O)N2CCc2c[nH]c3ccccc23)cc1. The molecule has 1 saturated heterocycles. The molecule has 2 N–H and O–H groups in total. The molecule has 6 heteroatoms. The number of ketones is 1. The van der Waals surface area contributed by atoms with E-state index in [-0.39, 0.29) is 11.3 Å². The molecule has 4 aromatic rings. The summed E-state index contributed by atoms with van der Waals surface area (Å²) < 4.78 is 0. The van der Waals surface area contributed by atoms with Crippen molar-refractivity contribution in [1.29, 1.82) is 0 Å². The van der Waals surface area contributed by atoms with Crippen LogP contribution in [0, 0.1) is 0 Å². The minimum absolute atomic E-state index is 0.0959. The lowest BCUT2D eigenvalue weighted by Gasteiger charge is -2.25. The quantitative estimate of drug-likeness (QED) is 0.178. The Morgan fingerprint density at radius 2 is 1.69 bits per heavy atom. The topological polar surface area (TPSA) is 73.4 Å². The zero-order valence-corrected chi connectivity index (χ0v) is 20.9. The highest BCUT2D eigenvalue weighted by molar-refractivity contribution is 6.46. The number of Topliss-reactive ketones (excluding diaryl/α,β-unsaturated/α-hetero) is 1. The number of aliphatic hydroxyl groups excluding tert-OH is 1. The number of aromatic amines is 1. The molecule has 0 saturated carbocycles. The van der Waals surface area contributed by atoms with Crippen molar-refractivity contribution < 1.29 is 14.7 Å². The molecule has 1 aliphatic heterocycles. The molecule has 1 aliphatic rings. The van der Waals surface area contributed by atoms with Gasteiger partial charge in [-0.3, -0.25) is 9.59 Å². The smallest absolute Gasteiger partial charge is 0.295 e. The van der Waals surface area contributed by atoms with Crippen molar-refractivity contribution in [3.05, 3.63) is 112 Å². The molecule has 1 aromatic heterocycles. The molecule has 36 heavy (non-hydrogen) atoms. The van der Waals surface area contributed by atoms with Crippen LogP contribution in [0.5, 0.6) is 0 Å². The van der Waals surface area contributed by atoms with Crippen LogP contribution in [0.15, 0.2) is 84.6 Å². The maximum absolute atomic E-state index is 13.3. The summed E-state index contributed by atoms with van der Waals surface area (Å²) in [4.78, 5) is 31.4. The number of benzene rings is 3. The molecule has 0 radical (unpaired) electrons. The number of nitrogens with zero attached hydrogens (tertiary/aromatic N) is 1. The number of hydrogen-bond acceptors (Lipinski definition) is 3. The van der Waals surface area contributed by atoms with Crippen LogP contribution in [-0.2, 0) is 16.0 Å². The average Bonchev–Trinajstić information content (AvgIpc) is 3.41. The highest BCUT2D eigenvalue weighted by Gasteiger charge is 2.45. The Hall–Kier alpha value is -3.83. The molecular formula is C30H27ClN2O3. The fourth-order valence-corrected chi connectivity index (χ4v) is 4.99. The van der Waals surface area contributed by atoms with Crippen LogP contribution in [-0.4, -0.2) is 33.2 Å². The van der Waals surface area contributed by atoms with E-state index in [0.717, 1.165) is 27.6 Å². The van der Waals surface area contributed by atoms with E-state index in [1.165, 1.54) is 0 Å². The fourth-order valence-electron chi connectivity index (χ4n) is 4.86. The van der Waals surface area contributed by atoms with Gasteiger partial charge in [0.25, 0.3) is 11.7 Å². The van der Waals surface area contributed by atoms with E-state index >= 15 is 0 Å². The van der Waals surface area contributed by atoms with Gasteiger partial charge in [-0.25, -0.2) is 0 Å². The van der Waals surface area contributed by atoms with Crippen LogP contribution in [0.1, 0.15) is 48.1 Å². The summed E-state index contributed by atoms with van der Waals surface area (Å²) in [5.74, 6) is -1.14. The van der Waals surface area contributed by atoms with Gasteiger partial charge in [-0.15, -0.1) is 0 Å². The Bertz CT molecular complexity index is 1470. The van der Waals surface area contributed by atoms with E-state index < -0.39 is 17.7 Å². The number of rotatable bonds is 6. The molecule has 0 aliphatic carbocycles. The number of likely N-dealkylation sites (tertiary alicyclic amines) is 1. The standard InChI is InChI=1S/C30H27ClN2O3/c1-18(2)19-7-9-20(10-8-19)27-26(28(34)21-11-13-23(31)14-12-21)29(35)30(36)33(27)16-15-22-17-32-25-6-4-3-5-24(22)25/h3-14,17-18,27,32,34H,15-16H2,1-2H3/b28-26-. The number of carbonyl (C=O) groups excluding carboxylic acids is 2. The maximum atomic E-state index is 13.3. The predicted octanol–water partition coefficient (Wildman–Crippen LogP) is 6.61. The summed E-state index contributed by atoms with van der Waals surface area (Å²) in [7, 11) is 0. The van der Waals surface area contributed by atoms with Gasteiger partial charge in [-0.1, -0.05) is 67.9 Å². The Labute approximate surface area is 215 Å². The minimum Gasteiger partial charge on any atom is -0.507 e. The van der Waals surface area contributed by atoms with Gasteiger partial charge >= 0.3 is 0 Å². The lowest BCUT2D eigenvalue weighted by atomic mass is 9.93. The highest BCUT2D eigenvalue weighted by Crippen LogP contribution is 2.40. The normalized spacial score (nSPS) is 17.4. The first kappa shape index (κ1) is 23.9. The molecule has 1 atom stereocenters. The third-order valence-corrected chi connectivity index (χ3v) is 7.13. The molecule has 1 amide bonds. The van der Waals surface area contributed by atoms with Crippen LogP contribution in [0.3, 0.4) is 0 Å². The number of nitrogens with one attached hydrogen (secondary N) is 1. The fraction of sp³-hybridized carbons (Fsp3) is 0.200. The number of fused-ring (bicyclic) bond motifs is 1. The molecule has 5 nitrogen and oxygen atoms in total. The van der Waals surface area contributed by atoms with E-state index in [1.54, 1.807) is 29.2 Å². The number of hydrogen-bond donors (Lipinski definition) is 2. The van der Waals surface area contributed by atoms with Crippen molar-refractivity contribution in [3.8, 4) is 0 Å². The third-order valence-electron chi connectivity index (χ3n) is 6.87. The summed E-state index contributed by atoms with van der Waals surface area (Å²) in [6, 6.07) is 21.8. The van der Waals surface area contributed by atoms with E-state index in [0.29, 0.717) is 29.5 Å². The zero-order valence-electron chi connectivity index (χ0n) is 20.2. The van der Waals surface area contributed by atoms with Gasteiger partial charge in [0.2, 0.25) is 0 Å². The highest BCUT2D eigenvalue weighted by atomic mass is 35.5. The van der Waals surface area contributed by atoms with Gasteiger partial charge in [-0.2, -0.15) is 0 Å². The molecular weight excluding hydrogens is 472 g/mol. The average molecular weight is 499 g/mol. The maximum Gasteiger partial charge on any atom is 0.295 e. The molecule has 1 fully saturated rings. The van der Waals surface area contributed by atoms with Crippen LogP contribution in [0.4, 0.5) is 0 Å². The lowest BCUT2D eigenvalue weighted by Crippen LogP contribution is -2.31. The summed E-state index contributed by atoms with van der Waals surface area (Å²) in [6.45, 7) is 4.56. The number of aromatic nitrogens is 1. The van der Waals surface area contributed by atoms with Crippen LogP contribution >= 0.6 is 11.6 Å². The summed E-state index contributed by atoms with van der Waals surface area (Å²) in [5.41, 5.74) is 4.58. The number of halogens is 1. The number of H-pyrrole nitrogens is 1. The molecule has 1 unspecified atom stereocenters. The summed E-state index contributed by atoms with van der Waals surface area (Å²) >= 11 is 6.02. The Morgan fingerprint density at radius 3 is 2.39 bits per heavy atom.